The van der Waals surface area contributed by atoms with Crippen molar-refractivity contribution in [3.05, 3.63) is 48.8 Å². The molecule has 0 N–H and O–H groups in total. The van der Waals surface area contributed by atoms with Gasteiger partial charge in [-0.3, -0.25) is 4.79 Å². The number of benzene rings is 2. The van der Waals surface area contributed by atoms with E-state index in [0.29, 0.717) is 9.33 Å². The number of halogens is 4. The first-order chi connectivity index (χ1) is 9.00. The zero-order valence-electron chi connectivity index (χ0n) is 9.14. The number of hydrogen-bond donors (Lipinski definition) is 0. The van der Waals surface area contributed by atoms with E-state index in [1.54, 1.807) is 0 Å². The highest BCUT2D eigenvalue weighted by atomic mass is 127. The third kappa shape index (κ3) is 2.43. The summed E-state index contributed by atoms with van der Waals surface area (Å²) in [4.78, 5) is 12.1. The van der Waals surface area contributed by atoms with Gasteiger partial charge in [0.2, 0.25) is 5.43 Å². The molecule has 1 aromatic carbocycles. The molecule has 0 bridgehead atoms. The molecule has 0 unspecified atom stereocenters. The molecule has 0 atom stereocenters. The molecule has 3 rings (SSSR count). The van der Waals surface area contributed by atoms with Crippen LogP contribution in [-0.2, 0) is 0 Å². The second-order valence-electron chi connectivity index (χ2n) is 3.92. The average Bonchev–Trinajstić information content (AvgIpc) is 2.42. The number of fused-ring (bicyclic) bond motifs is 2. The summed E-state index contributed by atoms with van der Waals surface area (Å²) in [6.45, 7) is 0. The van der Waals surface area contributed by atoms with E-state index < -0.39 is 0 Å². The van der Waals surface area contributed by atoms with Gasteiger partial charge in [-0.1, -0.05) is 12.1 Å². The highest BCUT2D eigenvalue weighted by Gasteiger charge is 2.21. The van der Waals surface area contributed by atoms with Crippen molar-refractivity contribution in [2.24, 2.45) is 0 Å². The van der Waals surface area contributed by atoms with Crippen molar-refractivity contribution < 1.29 is 4.42 Å². The van der Waals surface area contributed by atoms with Crippen molar-refractivity contribution in [3.8, 4) is 11.3 Å². The van der Waals surface area contributed by atoms with E-state index in [1.165, 1.54) is 0 Å². The second kappa shape index (κ2) is 5.55. The molecular formula is C13H4I4O2. The normalized spacial score (nSPS) is 11.4. The molecule has 0 amide bonds. The summed E-state index contributed by atoms with van der Waals surface area (Å²) in [5.74, 6) is 0.687. The molecule has 0 fully saturated rings. The lowest BCUT2D eigenvalue weighted by Gasteiger charge is -2.12. The molecule has 1 aromatic rings. The maximum Gasteiger partial charge on any atom is 0.210 e. The Morgan fingerprint density at radius 3 is 2.42 bits per heavy atom. The highest BCUT2D eigenvalue weighted by Crippen LogP contribution is 2.36. The lowest BCUT2D eigenvalue weighted by molar-refractivity contribution is 0.612. The smallest absolute Gasteiger partial charge is 0.210 e. The molecule has 0 saturated carbocycles. The van der Waals surface area contributed by atoms with Crippen molar-refractivity contribution >= 4 is 101 Å². The van der Waals surface area contributed by atoms with Gasteiger partial charge in [-0.05, 0) is 102 Å². The van der Waals surface area contributed by atoms with Gasteiger partial charge in [-0.15, -0.1) is 0 Å². The highest BCUT2D eigenvalue weighted by molar-refractivity contribution is 14.1. The molecule has 1 aliphatic carbocycles. The Kier molecular flexibility index (Phi) is 4.31. The van der Waals surface area contributed by atoms with Gasteiger partial charge >= 0.3 is 0 Å². The summed E-state index contributed by atoms with van der Waals surface area (Å²) < 4.78 is 9.42. The standard InChI is InChI=1S/C13H4I4O2/c14-7-3-1-2-5-4-6-8(15)9(16)11(18)10(17)13(6)19-12(5)7/h1-4H. The predicted molar refractivity (Wildman–Crippen MR) is 110 cm³/mol. The van der Waals surface area contributed by atoms with Gasteiger partial charge in [0.25, 0.3) is 0 Å². The molecule has 0 aromatic heterocycles. The summed E-state index contributed by atoms with van der Waals surface area (Å²) >= 11 is 8.64. The Morgan fingerprint density at radius 1 is 0.947 bits per heavy atom. The fourth-order valence-electron chi connectivity index (χ4n) is 1.87. The van der Waals surface area contributed by atoms with Crippen LogP contribution in [0.3, 0.4) is 0 Å². The van der Waals surface area contributed by atoms with Crippen LogP contribution in [0.15, 0.2) is 33.5 Å². The van der Waals surface area contributed by atoms with Crippen LogP contribution in [0.25, 0.3) is 22.3 Å². The van der Waals surface area contributed by atoms with E-state index in [2.05, 4.69) is 96.4 Å². The zero-order valence-corrected chi connectivity index (χ0v) is 17.8. The summed E-state index contributed by atoms with van der Waals surface area (Å²) in [7, 11) is 0. The number of hydrogen-bond acceptors (Lipinski definition) is 2. The number of rotatable bonds is 0. The monoisotopic (exact) mass is 700 g/mol. The Morgan fingerprint density at radius 2 is 1.68 bits per heavy atom. The fraction of sp³-hybridized carbons (Fsp3) is 0. The van der Waals surface area contributed by atoms with Crippen LogP contribution in [0.2, 0.25) is 0 Å². The van der Waals surface area contributed by atoms with Gasteiger partial charge in [0.05, 0.1) is 7.14 Å². The van der Waals surface area contributed by atoms with E-state index in [0.717, 1.165) is 27.2 Å². The second-order valence-corrected chi connectivity index (χ2v) is 8.32. The molecule has 1 heterocycles. The van der Waals surface area contributed by atoms with Crippen molar-refractivity contribution in [1.29, 1.82) is 0 Å². The molecule has 1 aliphatic heterocycles. The van der Waals surface area contributed by atoms with Gasteiger partial charge in [0.1, 0.15) is 9.15 Å². The van der Waals surface area contributed by atoms with Crippen LogP contribution in [-0.4, -0.2) is 0 Å². The Labute approximate surface area is 163 Å². The first kappa shape index (κ1) is 14.8. The first-order valence-electron chi connectivity index (χ1n) is 5.19. The average molecular weight is 700 g/mol. The minimum Gasteiger partial charge on any atom is -0.454 e. The number of para-hydroxylation sites is 1. The Bertz CT molecular complexity index is 838. The van der Waals surface area contributed by atoms with E-state index in [9.17, 15) is 4.79 Å². The van der Waals surface area contributed by atoms with Gasteiger partial charge < -0.3 is 4.42 Å². The third-order valence-electron chi connectivity index (χ3n) is 2.77. The largest absolute Gasteiger partial charge is 0.454 e. The van der Waals surface area contributed by atoms with Gasteiger partial charge in [-0.25, -0.2) is 0 Å². The van der Waals surface area contributed by atoms with Gasteiger partial charge in [-0.2, -0.15) is 0 Å². The summed E-state index contributed by atoms with van der Waals surface area (Å²) in [6.07, 6.45) is 0. The Balaban J connectivity index is 2.60. The minimum atomic E-state index is 0.0483. The van der Waals surface area contributed by atoms with Crippen LogP contribution in [0.1, 0.15) is 0 Å². The van der Waals surface area contributed by atoms with E-state index >= 15 is 0 Å². The van der Waals surface area contributed by atoms with Crippen LogP contribution in [0, 0.1) is 14.3 Å². The molecular weight excluding hydrogens is 696 g/mol. The molecule has 2 aliphatic rings. The third-order valence-corrected chi connectivity index (χ3v) is 7.78. The summed E-state index contributed by atoms with van der Waals surface area (Å²) in [5, 5.41) is 1.06. The lowest BCUT2D eigenvalue weighted by Crippen LogP contribution is -2.14. The molecule has 0 spiro atoms. The lowest BCUT2D eigenvalue weighted by atomic mass is 10.1. The zero-order chi connectivity index (χ0) is 13.7. The van der Waals surface area contributed by atoms with Crippen molar-refractivity contribution in [2.75, 3.05) is 0 Å². The van der Waals surface area contributed by atoms with Crippen molar-refractivity contribution in [3.63, 3.8) is 0 Å². The van der Waals surface area contributed by atoms with Crippen LogP contribution >= 0.6 is 90.4 Å². The molecule has 96 valence electrons. The fourth-order valence-corrected chi connectivity index (χ4v) is 4.89. The molecule has 19 heavy (non-hydrogen) atoms. The molecule has 0 radical (unpaired) electrons. The quantitative estimate of drug-likeness (QED) is 0.181. The van der Waals surface area contributed by atoms with Crippen LogP contribution < -0.4 is 5.43 Å². The molecule has 6 heteroatoms. The predicted octanol–water partition coefficient (Wildman–Crippen LogP) is 5.32. The summed E-state index contributed by atoms with van der Waals surface area (Å²) in [5.41, 5.74) is 1.89. The maximum absolute atomic E-state index is 12.1. The maximum atomic E-state index is 12.1. The minimum absolute atomic E-state index is 0.0483. The van der Waals surface area contributed by atoms with E-state index in [-0.39, 0.29) is 5.43 Å². The summed E-state index contributed by atoms with van der Waals surface area (Å²) in [6, 6.07) is 8.14. The molecule has 2 nitrogen and oxygen atoms in total. The van der Waals surface area contributed by atoms with Gasteiger partial charge in [0.15, 0.2) is 5.76 Å². The topological polar surface area (TPSA) is 30.2 Å². The van der Waals surface area contributed by atoms with E-state index in [4.69, 9.17) is 4.42 Å². The van der Waals surface area contributed by atoms with Gasteiger partial charge in [0, 0.05) is 14.5 Å². The Hall–Kier alpha value is 0.830. The molecule has 0 saturated heterocycles. The van der Waals surface area contributed by atoms with Crippen LogP contribution in [0.5, 0.6) is 0 Å². The van der Waals surface area contributed by atoms with Crippen molar-refractivity contribution in [1.82, 2.24) is 0 Å². The first-order valence-corrected chi connectivity index (χ1v) is 9.50. The van der Waals surface area contributed by atoms with E-state index in [1.807, 2.05) is 18.2 Å². The SMILES string of the molecule is O=c1c(I)c2oc3c(I)cccc3cc-2c(I)c1I. The van der Waals surface area contributed by atoms with Crippen LogP contribution in [0.4, 0.5) is 0 Å². The van der Waals surface area contributed by atoms with Crippen molar-refractivity contribution in [2.45, 2.75) is 0 Å².